The summed E-state index contributed by atoms with van der Waals surface area (Å²) >= 11 is 0. The van der Waals surface area contributed by atoms with Gasteiger partial charge in [-0.2, -0.15) is 0 Å². The highest BCUT2D eigenvalue weighted by Gasteiger charge is 2.34. The summed E-state index contributed by atoms with van der Waals surface area (Å²) in [7, 11) is -0.467. The van der Waals surface area contributed by atoms with E-state index in [-0.39, 0.29) is 0 Å². The maximum atomic E-state index is 5.55. The quantitative estimate of drug-likeness (QED) is 0.823. The molecule has 0 saturated carbocycles. The van der Waals surface area contributed by atoms with Gasteiger partial charge in [-0.3, -0.25) is 0 Å². The van der Waals surface area contributed by atoms with E-state index in [9.17, 15) is 0 Å². The van der Waals surface area contributed by atoms with Gasteiger partial charge in [-0.1, -0.05) is 19.2 Å². The van der Waals surface area contributed by atoms with Gasteiger partial charge in [0, 0.05) is 5.46 Å². The minimum absolute atomic E-state index is 0.333. The van der Waals surface area contributed by atoms with Gasteiger partial charge in [0.05, 0.1) is 17.1 Å². The van der Waals surface area contributed by atoms with E-state index in [0.29, 0.717) is 17.6 Å². The highest BCUT2D eigenvalue weighted by molar-refractivity contribution is 6.62. The van der Waals surface area contributed by atoms with Crippen molar-refractivity contribution in [3.05, 3.63) is 48.7 Å². The van der Waals surface area contributed by atoms with Crippen LogP contribution in [0.5, 0.6) is 0 Å². The Bertz CT molecular complexity index is 718. The summed E-state index contributed by atoms with van der Waals surface area (Å²) in [4.78, 5) is 8.05. The van der Waals surface area contributed by atoms with Gasteiger partial charge in [-0.25, -0.2) is 4.98 Å². The molecule has 21 heavy (non-hydrogen) atoms. The van der Waals surface area contributed by atoms with Crippen molar-refractivity contribution in [3.63, 3.8) is 0 Å². The van der Waals surface area contributed by atoms with Crippen LogP contribution in [-0.2, 0) is 9.31 Å². The van der Waals surface area contributed by atoms with Gasteiger partial charge in [0.25, 0.3) is 0 Å². The lowest BCUT2D eigenvalue weighted by molar-refractivity contribution is 0.431. The molecule has 0 radical (unpaired) electrons. The lowest BCUT2D eigenvalue weighted by atomic mass is 9.79. The van der Waals surface area contributed by atoms with Crippen LogP contribution < -0.4 is 10.8 Å². The second-order valence-corrected chi connectivity index (χ2v) is 5.46. The average Bonchev–Trinajstić information content (AvgIpc) is 3.18. The summed E-state index contributed by atoms with van der Waals surface area (Å²) in [5, 5.41) is 3.45. The van der Waals surface area contributed by atoms with Crippen LogP contribution in [0.1, 0.15) is 24.7 Å². The molecule has 6 heteroatoms. The first-order valence-electron chi connectivity index (χ1n) is 7.15. The van der Waals surface area contributed by atoms with E-state index < -0.39 is 7.12 Å². The molecule has 3 heterocycles. The molecule has 2 aliphatic heterocycles. The van der Waals surface area contributed by atoms with E-state index in [4.69, 9.17) is 9.31 Å². The normalized spacial score (nSPS) is 21.9. The van der Waals surface area contributed by atoms with Crippen molar-refractivity contribution in [2.24, 2.45) is 0 Å². The van der Waals surface area contributed by atoms with Crippen LogP contribution in [0.3, 0.4) is 0 Å². The van der Waals surface area contributed by atoms with Crippen LogP contribution in [0.4, 0.5) is 0 Å². The second kappa shape index (κ2) is 4.67. The molecule has 1 aromatic heterocycles. The van der Waals surface area contributed by atoms with Gasteiger partial charge in [-0.05, 0) is 31.5 Å². The zero-order valence-electron chi connectivity index (χ0n) is 11.7. The molecule has 0 amide bonds. The maximum absolute atomic E-state index is 5.55. The van der Waals surface area contributed by atoms with Crippen molar-refractivity contribution < 1.29 is 9.31 Å². The first kappa shape index (κ1) is 12.5. The summed E-state index contributed by atoms with van der Waals surface area (Å²) in [6.45, 7) is 8.57. The number of nitrogens with one attached hydrogen (secondary N) is 2. The third-order valence-electron chi connectivity index (χ3n) is 4.00. The first-order chi connectivity index (χ1) is 10.2. The Morgan fingerprint density at radius 1 is 1.24 bits per heavy atom. The fourth-order valence-electron chi connectivity index (χ4n) is 2.83. The standard InChI is InChI=1S/C15H16BN3O2/c1-9-10(2)21-16(20-9)11-5-6-12-14(8-11)19-15(18-12)13-4-3-7-17-13/h5-6,8,13,17H,1-4,7H2,(H,18,19)/t13-/m0/s1. The molecule has 1 aromatic carbocycles. The van der Waals surface area contributed by atoms with Crippen LogP contribution in [0.2, 0.25) is 0 Å². The summed E-state index contributed by atoms with van der Waals surface area (Å²) in [5.74, 6) is 1.97. The number of hydrogen-bond donors (Lipinski definition) is 2. The van der Waals surface area contributed by atoms with E-state index in [1.807, 2.05) is 18.2 Å². The molecule has 106 valence electrons. The maximum Gasteiger partial charge on any atom is 0.632 e. The SMILES string of the molecule is C=C1OB(c2ccc3nc([C@@H]4CCCN4)[nH]c3c2)OC1=C. The largest absolute Gasteiger partial charge is 0.632 e. The number of nitrogens with zero attached hydrogens (tertiary/aromatic N) is 1. The van der Waals surface area contributed by atoms with Crippen LogP contribution in [0.25, 0.3) is 11.0 Å². The van der Waals surface area contributed by atoms with Gasteiger partial charge in [0.2, 0.25) is 0 Å². The molecule has 1 atom stereocenters. The zero-order valence-corrected chi connectivity index (χ0v) is 11.7. The van der Waals surface area contributed by atoms with Gasteiger partial charge < -0.3 is 19.6 Å². The molecule has 5 nitrogen and oxygen atoms in total. The number of imidazole rings is 1. The van der Waals surface area contributed by atoms with Gasteiger partial charge in [0.15, 0.2) is 0 Å². The van der Waals surface area contributed by atoms with E-state index in [0.717, 1.165) is 35.3 Å². The molecule has 2 fully saturated rings. The monoisotopic (exact) mass is 281 g/mol. The Kier molecular flexibility index (Phi) is 2.78. The summed E-state index contributed by atoms with van der Waals surface area (Å²) in [6.07, 6.45) is 2.32. The van der Waals surface area contributed by atoms with Gasteiger partial charge in [0.1, 0.15) is 17.3 Å². The molecular weight excluding hydrogens is 265 g/mol. The molecule has 4 rings (SSSR count). The van der Waals surface area contributed by atoms with E-state index in [1.54, 1.807) is 0 Å². The zero-order chi connectivity index (χ0) is 14.4. The summed E-state index contributed by atoms with van der Waals surface area (Å²) in [5.41, 5.74) is 2.88. The lowest BCUT2D eigenvalue weighted by Crippen LogP contribution is -2.31. The summed E-state index contributed by atoms with van der Waals surface area (Å²) in [6, 6.07) is 6.29. The molecule has 2 aromatic rings. The first-order valence-corrected chi connectivity index (χ1v) is 7.15. The fourth-order valence-corrected chi connectivity index (χ4v) is 2.83. The third kappa shape index (κ3) is 2.12. The highest BCUT2D eigenvalue weighted by atomic mass is 16.6. The Hall–Kier alpha value is -2.21. The van der Waals surface area contributed by atoms with Crippen molar-refractivity contribution in [3.8, 4) is 0 Å². The van der Waals surface area contributed by atoms with Crippen molar-refractivity contribution >= 4 is 23.6 Å². The fraction of sp³-hybridized carbons (Fsp3) is 0.267. The van der Waals surface area contributed by atoms with Crippen molar-refractivity contribution in [1.82, 2.24) is 15.3 Å². The second-order valence-electron chi connectivity index (χ2n) is 5.46. The molecule has 0 unspecified atom stereocenters. The highest BCUT2D eigenvalue weighted by Crippen LogP contribution is 2.24. The van der Waals surface area contributed by atoms with Crippen LogP contribution in [0.15, 0.2) is 42.9 Å². The van der Waals surface area contributed by atoms with Crippen molar-refractivity contribution in [2.45, 2.75) is 18.9 Å². The number of rotatable bonds is 2. The molecule has 0 aliphatic carbocycles. The lowest BCUT2D eigenvalue weighted by Gasteiger charge is -2.04. The van der Waals surface area contributed by atoms with Crippen LogP contribution in [-0.4, -0.2) is 23.6 Å². The Balaban J connectivity index is 1.66. The minimum Gasteiger partial charge on any atom is -0.520 e. The molecule has 2 N–H and O–H groups in total. The van der Waals surface area contributed by atoms with E-state index in [2.05, 4.69) is 28.4 Å². The number of benzene rings is 1. The predicted molar refractivity (Wildman–Crippen MR) is 81.9 cm³/mol. The Labute approximate surface area is 123 Å². The number of H-pyrrole nitrogens is 1. The number of fused-ring (bicyclic) bond motifs is 1. The number of aromatic amines is 1. The third-order valence-corrected chi connectivity index (χ3v) is 4.00. The molecule has 2 saturated heterocycles. The molecule has 0 spiro atoms. The van der Waals surface area contributed by atoms with E-state index in [1.165, 1.54) is 6.42 Å². The molecular formula is C15H16BN3O2. The minimum atomic E-state index is -0.467. The predicted octanol–water partition coefficient (Wildman–Crippen LogP) is 1.76. The average molecular weight is 281 g/mol. The Morgan fingerprint density at radius 2 is 2.05 bits per heavy atom. The van der Waals surface area contributed by atoms with Gasteiger partial charge >= 0.3 is 7.12 Å². The van der Waals surface area contributed by atoms with Crippen molar-refractivity contribution in [1.29, 1.82) is 0 Å². The topological polar surface area (TPSA) is 59.2 Å². The Morgan fingerprint density at radius 3 is 2.76 bits per heavy atom. The van der Waals surface area contributed by atoms with Crippen molar-refractivity contribution in [2.75, 3.05) is 6.54 Å². The van der Waals surface area contributed by atoms with E-state index >= 15 is 0 Å². The van der Waals surface area contributed by atoms with Crippen LogP contribution in [0, 0.1) is 0 Å². The smallest absolute Gasteiger partial charge is 0.520 e. The molecule has 2 aliphatic rings. The number of hydrogen-bond acceptors (Lipinski definition) is 4. The summed E-state index contributed by atoms with van der Waals surface area (Å²) < 4.78 is 11.1. The van der Waals surface area contributed by atoms with Crippen LogP contribution >= 0.6 is 0 Å². The molecule has 0 bridgehead atoms. The number of aromatic nitrogens is 2. The van der Waals surface area contributed by atoms with Gasteiger partial charge in [-0.15, -0.1) is 0 Å².